The van der Waals surface area contributed by atoms with E-state index in [-0.39, 0.29) is 0 Å². The molecular weight excluding hydrogens is 212 g/mol. The van der Waals surface area contributed by atoms with E-state index in [1.165, 1.54) is 0 Å². The van der Waals surface area contributed by atoms with Crippen molar-refractivity contribution in [3.8, 4) is 0 Å². The van der Waals surface area contributed by atoms with Gasteiger partial charge in [0.1, 0.15) is 0 Å². The van der Waals surface area contributed by atoms with Crippen molar-refractivity contribution in [2.45, 2.75) is 13.3 Å². The van der Waals surface area contributed by atoms with Gasteiger partial charge in [0.05, 0.1) is 11.2 Å². The molecular formula is C13H16N4. The van der Waals surface area contributed by atoms with Gasteiger partial charge in [-0.05, 0) is 18.6 Å². The first-order valence-corrected chi connectivity index (χ1v) is 5.72. The zero-order valence-corrected chi connectivity index (χ0v) is 9.85. The number of hydrogen-bond acceptors (Lipinski definition) is 2. The number of anilines is 1. The van der Waals surface area contributed by atoms with E-state index in [0.717, 1.165) is 29.6 Å². The molecule has 0 amide bonds. The summed E-state index contributed by atoms with van der Waals surface area (Å²) in [7, 11) is 0. The molecule has 0 aliphatic heterocycles. The number of fused-ring (bicyclic) bond motifs is 1. The molecule has 0 saturated heterocycles. The largest absolute Gasteiger partial charge is 0.370 e. The second kappa shape index (κ2) is 5.30. The van der Waals surface area contributed by atoms with Crippen LogP contribution in [-0.2, 0) is 0 Å². The summed E-state index contributed by atoms with van der Waals surface area (Å²) in [4.78, 5) is 8.54. The molecule has 0 atom stereocenters. The summed E-state index contributed by atoms with van der Waals surface area (Å²) in [5, 5.41) is 4.17. The third-order valence-corrected chi connectivity index (χ3v) is 2.40. The lowest BCUT2D eigenvalue weighted by atomic mass is 10.2. The van der Waals surface area contributed by atoms with Crippen LogP contribution in [0.2, 0.25) is 0 Å². The number of para-hydroxylation sites is 1. The molecule has 0 radical (unpaired) electrons. The first kappa shape index (κ1) is 11.4. The molecule has 0 fully saturated rings. The minimum absolute atomic E-state index is 0.435. The van der Waals surface area contributed by atoms with Gasteiger partial charge in [-0.2, -0.15) is 0 Å². The molecule has 0 unspecified atom stereocenters. The Morgan fingerprint density at radius 3 is 3.00 bits per heavy atom. The summed E-state index contributed by atoms with van der Waals surface area (Å²) in [5.74, 6) is 0.435. The van der Waals surface area contributed by atoms with Gasteiger partial charge < -0.3 is 11.1 Å². The van der Waals surface area contributed by atoms with Gasteiger partial charge >= 0.3 is 0 Å². The second-order valence-electron chi connectivity index (χ2n) is 3.77. The Kier molecular flexibility index (Phi) is 3.55. The molecule has 2 rings (SSSR count). The molecule has 1 aromatic carbocycles. The summed E-state index contributed by atoms with van der Waals surface area (Å²) in [5.41, 5.74) is 7.59. The summed E-state index contributed by atoms with van der Waals surface area (Å²) < 4.78 is 0. The van der Waals surface area contributed by atoms with E-state index in [1.807, 2.05) is 30.3 Å². The highest BCUT2D eigenvalue weighted by Gasteiger charge is 2.01. The fourth-order valence-electron chi connectivity index (χ4n) is 1.61. The number of nitrogens with one attached hydrogen (secondary N) is 1. The van der Waals surface area contributed by atoms with Gasteiger partial charge in [-0.25, -0.2) is 0 Å². The Morgan fingerprint density at radius 1 is 1.35 bits per heavy atom. The van der Waals surface area contributed by atoms with Crippen LogP contribution in [0.4, 0.5) is 5.69 Å². The highest BCUT2D eigenvalue weighted by molar-refractivity contribution is 6.00. The number of rotatable bonds is 3. The van der Waals surface area contributed by atoms with E-state index in [1.54, 1.807) is 6.20 Å². The van der Waals surface area contributed by atoms with Crippen molar-refractivity contribution < 1.29 is 0 Å². The Bertz CT molecular complexity index is 528. The van der Waals surface area contributed by atoms with Gasteiger partial charge in [0.25, 0.3) is 0 Å². The highest BCUT2D eigenvalue weighted by atomic mass is 15.1. The first-order valence-electron chi connectivity index (χ1n) is 5.72. The predicted octanol–water partition coefficient (Wildman–Crippen LogP) is 2.37. The lowest BCUT2D eigenvalue weighted by Crippen LogP contribution is -2.23. The Labute approximate surface area is 101 Å². The van der Waals surface area contributed by atoms with Gasteiger partial charge in [0.15, 0.2) is 5.96 Å². The van der Waals surface area contributed by atoms with Crippen molar-refractivity contribution in [1.29, 1.82) is 0 Å². The Balaban J connectivity index is 2.30. The smallest absolute Gasteiger partial charge is 0.193 e. The number of aromatic nitrogens is 1. The topological polar surface area (TPSA) is 63.3 Å². The fourth-order valence-corrected chi connectivity index (χ4v) is 1.61. The van der Waals surface area contributed by atoms with Crippen LogP contribution in [0, 0.1) is 0 Å². The van der Waals surface area contributed by atoms with E-state index in [2.05, 4.69) is 22.2 Å². The molecule has 3 N–H and O–H groups in total. The molecule has 17 heavy (non-hydrogen) atoms. The maximum Gasteiger partial charge on any atom is 0.193 e. The number of nitrogens with zero attached hydrogens (tertiary/aromatic N) is 2. The number of guanidine groups is 1. The zero-order valence-electron chi connectivity index (χ0n) is 9.85. The summed E-state index contributed by atoms with van der Waals surface area (Å²) >= 11 is 0. The molecule has 1 aromatic heterocycles. The average molecular weight is 228 g/mol. The molecule has 88 valence electrons. The third kappa shape index (κ3) is 2.72. The van der Waals surface area contributed by atoms with E-state index in [0.29, 0.717) is 5.96 Å². The lowest BCUT2D eigenvalue weighted by molar-refractivity contribution is 0.929. The molecule has 0 bridgehead atoms. The van der Waals surface area contributed by atoms with Crippen LogP contribution < -0.4 is 11.1 Å². The van der Waals surface area contributed by atoms with Gasteiger partial charge in [-0.1, -0.05) is 25.1 Å². The van der Waals surface area contributed by atoms with Crippen LogP contribution in [-0.4, -0.2) is 17.5 Å². The van der Waals surface area contributed by atoms with Crippen molar-refractivity contribution >= 4 is 22.5 Å². The Morgan fingerprint density at radius 2 is 2.18 bits per heavy atom. The molecule has 0 aliphatic carbocycles. The Hall–Kier alpha value is -2.10. The molecule has 4 nitrogen and oxygen atoms in total. The number of aliphatic imine (C=N–C) groups is 1. The van der Waals surface area contributed by atoms with E-state index >= 15 is 0 Å². The second-order valence-corrected chi connectivity index (χ2v) is 3.77. The summed E-state index contributed by atoms with van der Waals surface area (Å²) in [6, 6.07) is 9.88. The molecule has 2 aromatic rings. The molecule has 0 spiro atoms. The van der Waals surface area contributed by atoms with E-state index < -0.39 is 0 Å². The van der Waals surface area contributed by atoms with Crippen molar-refractivity contribution in [2.24, 2.45) is 10.7 Å². The summed E-state index contributed by atoms with van der Waals surface area (Å²) in [6.45, 7) is 2.80. The maximum atomic E-state index is 5.79. The van der Waals surface area contributed by atoms with Crippen LogP contribution in [0.15, 0.2) is 41.5 Å². The minimum atomic E-state index is 0.435. The normalized spacial score (nSPS) is 11.7. The van der Waals surface area contributed by atoms with E-state index in [9.17, 15) is 0 Å². The molecule has 0 saturated carbocycles. The lowest BCUT2D eigenvalue weighted by Gasteiger charge is -2.07. The van der Waals surface area contributed by atoms with E-state index in [4.69, 9.17) is 5.73 Å². The monoisotopic (exact) mass is 228 g/mol. The quantitative estimate of drug-likeness (QED) is 0.626. The SMILES string of the molecule is CCCN=C(N)Nc1cccc2cccnc12. The van der Waals surface area contributed by atoms with Gasteiger partial charge in [0.2, 0.25) is 0 Å². The zero-order chi connectivity index (χ0) is 12.1. The van der Waals surface area contributed by atoms with Crippen molar-refractivity contribution in [3.05, 3.63) is 36.5 Å². The number of benzene rings is 1. The van der Waals surface area contributed by atoms with Crippen LogP contribution in [0.5, 0.6) is 0 Å². The van der Waals surface area contributed by atoms with Crippen molar-refractivity contribution in [1.82, 2.24) is 4.98 Å². The van der Waals surface area contributed by atoms with Crippen molar-refractivity contribution in [2.75, 3.05) is 11.9 Å². The first-order chi connectivity index (χ1) is 8.31. The van der Waals surface area contributed by atoms with Crippen LogP contribution >= 0.6 is 0 Å². The number of nitrogens with two attached hydrogens (primary N) is 1. The molecule has 4 heteroatoms. The molecule has 0 aliphatic rings. The average Bonchev–Trinajstić information content (AvgIpc) is 2.37. The molecule has 1 heterocycles. The van der Waals surface area contributed by atoms with Gasteiger partial charge in [0, 0.05) is 18.1 Å². The summed E-state index contributed by atoms with van der Waals surface area (Å²) in [6.07, 6.45) is 2.75. The number of pyridine rings is 1. The van der Waals surface area contributed by atoms with Gasteiger partial charge in [-0.15, -0.1) is 0 Å². The standard InChI is InChI=1S/C13H16N4/c1-2-8-16-13(14)17-11-7-3-5-10-6-4-9-15-12(10)11/h3-7,9H,2,8H2,1H3,(H3,14,16,17). The highest BCUT2D eigenvalue weighted by Crippen LogP contribution is 2.20. The van der Waals surface area contributed by atoms with Crippen LogP contribution in [0.1, 0.15) is 13.3 Å². The predicted molar refractivity (Wildman–Crippen MR) is 72.1 cm³/mol. The van der Waals surface area contributed by atoms with Crippen molar-refractivity contribution in [3.63, 3.8) is 0 Å². The number of hydrogen-bond donors (Lipinski definition) is 2. The maximum absolute atomic E-state index is 5.79. The van der Waals surface area contributed by atoms with Gasteiger partial charge in [-0.3, -0.25) is 9.98 Å². The third-order valence-electron chi connectivity index (χ3n) is 2.40. The fraction of sp³-hybridized carbons (Fsp3) is 0.231. The van der Waals surface area contributed by atoms with Crippen LogP contribution in [0.3, 0.4) is 0 Å². The minimum Gasteiger partial charge on any atom is -0.370 e. The van der Waals surface area contributed by atoms with Crippen LogP contribution in [0.25, 0.3) is 10.9 Å².